The number of anilines is 1. The highest BCUT2D eigenvalue weighted by molar-refractivity contribution is 5.50. The van der Waals surface area contributed by atoms with Crippen molar-refractivity contribution in [2.24, 2.45) is 0 Å². The maximum Gasteiger partial charge on any atom is 0.220 e. The summed E-state index contributed by atoms with van der Waals surface area (Å²) in [6.07, 6.45) is 2.37. The van der Waals surface area contributed by atoms with Crippen LogP contribution in [0, 0.1) is 0 Å². The number of hydrazine groups is 2. The summed E-state index contributed by atoms with van der Waals surface area (Å²) in [6, 6.07) is 7.95. The Morgan fingerprint density at radius 1 is 1.29 bits per heavy atom. The zero-order valence-electron chi connectivity index (χ0n) is 7.92. The third-order valence-electron chi connectivity index (χ3n) is 2.16. The first-order valence-corrected chi connectivity index (χ1v) is 4.57. The van der Waals surface area contributed by atoms with E-state index in [1.807, 2.05) is 24.3 Å². The lowest BCUT2D eigenvalue weighted by Crippen LogP contribution is -2.35. The van der Waals surface area contributed by atoms with Crippen LogP contribution >= 0.6 is 0 Å². The minimum Gasteiger partial charge on any atom is -0.278 e. The molecule has 74 valence electrons. The monoisotopic (exact) mass is 193 g/mol. The molecule has 0 unspecified atom stereocenters. The molecule has 1 aromatic carbocycles. The van der Waals surface area contributed by atoms with Crippen molar-refractivity contribution in [1.82, 2.24) is 11.0 Å². The Hall–Kier alpha value is -1.55. The lowest BCUT2D eigenvalue weighted by atomic mass is 10.1. The summed E-state index contributed by atoms with van der Waals surface area (Å²) in [5.74, 6) is -0.385. The van der Waals surface area contributed by atoms with E-state index in [1.54, 1.807) is 5.01 Å². The summed E-state index contributed by atoms with van der Waals surface area (Å²) in [6.45, 7) is 2.10. The quantitative estimate of drug-likeness (QED) is 0.702. The van der Waals surface area contributed by atoms with Gasteiger partial charge in [-0.1, -0.05) is 19.1 Å². The Labute approximate surface area is 82.2 Å². The average Bonchev–Trinajstić information content (AvgIpc) is 2.65. The van der Waals surface area contributed by atoms with E-state index < -0.39 is 0 Å². The highest BCUT2D eigenvalue weighted by Gasteiger charge is 2.11. The van der Waals surface area contributed by atoms with Gasteiger partial charge in [0.05, 0.1) is 11.9 Å². The highest BCUT2D eigenvalue weighted by Crippen LogP contribution is 2.16. The largest absolute Gasteiger partial charge is 0.278 e. The van der Waals surface area contributed by atoms with E-state index in [0.29, 0.717) is 0 Å². The minimum atomic E-state index is -0.385. The van der Waals surface area contributed by atoms with Crippen LogP contribution in [-0.4, -0.2) is 0 Å². The van der Waals surface area contributed by atoms with E-state index in [9.17, 15) is 4.39 Å². The van der Waals surface area contributed by atoms with Crippen LogP contribution in [0.15, 0.2) is 36.4 Å². The second-order valence-electron chi connectivity index (χ2n) is 3.10. The van der Waals surface area contributed by atoms with Crippen LogP contribution < -0.4 is 16.0 Å². The fourth-order valence-electron chi connectivity index (χ4n) is 1.32. The molecular formula is C10H12FN3. The maximum absolute atomic E-state index is 12.7. The molecule has 0 fully saturated rings. The Morgan fingerprint density at radius 3 is 2.50 bits per heavy atom. The lowest BCUT2D eigenvalue weighted by Gasteiger charge is -2.14. The first kappa shape index (κ1) is 9.02. The van der Waals surface area contributed by atoms with E-state index in [1.165, 1.54) is 11.8 Å². The van der Waals surface area contributed by atoms with Gasteiger partial charge in [-0.2, -0.15) is 4.39 Å². The summed E-state index contributed by atoms with van der Waals surface area (Å²) in [5, 5.41) is 1.59. The normalized spacial score (nSPS) is 15.3. The number of hydrogen-bond donors (Lipinski definition) is 2. The number of rotatable bonds is 2. The number of halogens is 1. The Balaban J connectivity index is 2.17. The fourth-order valence-corrected chi connectivity index (χ4v) is 1.32. The van der Waals surface area contributed by atoms with Crippen molar-refractivity contribution >= 4 is 5.69 Å². The third-order valence-corrected chi connectivity index (χ3v) is 2.16. The van der Waals surface area contributed by atoms with E-state index in [2.05, 4.69) is 17.9 Å². The lowest BCUT2D eigenvalue weighted by molar-refractivity contribution is 0.521. The molecule has 1 aliphatic rings. The molecule has 0 aliphatic carbocycles. The molecule has 0 spiro atoms. The third kappa shape index (κ3) is 1.70. The number of benzene rings is 1. The molecule has 0 saturated carbocycles. The number of nitrogens with one attached hydrogen (secondary N) is 2. The van der Waals surface area contributed by atoms with Crippen molar-refractivity contribution in [3.63, 3.8) is 0 Å². The van der Waals surface area contributed by atoms with Gasteiger partial charge in [-0.15, -0.1) is 5.53 Å². The molecule has 3 nitrogen and oxygen atoms in total. The summed E-state index contributed by atoms with van der Waals surface area (Å²) in [7, 11) is 0. The molecule has 0 aromatic heterocycles. The van der Waals surface area contributed by atoms with Crippen LogP contribution in [0.4, 0.5) is 10.1 Å². The summed E-state index contributed by atoms with van der Waals surface area (Å²) >= 11 is 0. The topological polar surface area (TPSA) is 27.3 Å². The van der Waals surface area contributed by atoms with E-state index in [0.717, 1.165) is 12.1 Å². The van der Waals surface area contributed by atoms with Gasteiger partial charge in [0, 0.05) is 0 Å². The van der Waals surface area contributed by atoms with Gasteiger partial charge >= 0.3 is 0 Å². The Morgan fingerprint density at radius 2 is 2.00 bits per heavy atom. The standard InChI is InChI=1S/C10H12FN3/c1-2-8-3-5-9(6-4-8)14-7-10(11)12-13-14/h3-7,12-13H,2H2,1H3. The van der Waals surface area contributed by atoms with Crippen molar-refractivity contribution in [3.05, 3.63) is 42.0 Å². The summed E-state index contributed by atoms with van der Waals surface area (Å²) in [4.78, 5) is 0. The van der Waals surface area contributed by atoms with E-state index in [4.69, 9.17) is 0 Å². The molecule has 0 bridgehead atoms. The molecule has 0 atom stereocenters. The van der Waals surface area contributed by atoms with Crippen molar-refractivity contribution in [2.45, 2.75) is 13.3 Å². The van der Waals surface area contributed by atoms with Crippen molar-refractivity contribution in [3.8, 4) is 0 Å². The van der Waals surface area contributed by atoms with Crippen molar-refractivity contribution in [1.29, 1.82) is 0 Å². The highest BCUT2D eigenvalue weighted by atomic mass is 19.1. The van der Waals surface area contributed by atoms with Crippen LogP contribution in [0.3, 0.4) is 0 Å². The Kier molecular flexibility index (Phi) is 2.37. The zero-order chi connectivity index (χ0) is 9.97. The molecule has 4 heteroatoms. The smallest absolute Gasteiger partial charge is 0.220 e. The molecule has 0 amide bonds. The maximum atomic E-state index is 12.7. The Bertz CT molecular complexity index is 345. The molecule has 14 heavy (non-hydrogen) atoms. The molecule has 1 aliphatic heterocycles. The minimum absolute atomic E-state index is 0.385. The zero-order valence-corrected chi connectivity index (χ0v) is 7.92. The van der Waals surface area contributed by atoms with Crippen molar-refractivity contribution < 1.29 is 4.39 Å². The number of hydrogen-bond acceptors (Lipinski definition) is 3. The van der Waals surface area contributed by atoms with Crippen molar-refractivity contribution in [2.75, 3.05) is 5.01 Å². The van der Waals surface area contributed by atoms with Crippen LogP contribution in [0.5, 0.6) is 0 Å². The SMILES string of the molecule is CCc1ccc(N2C=C(F)NN2)cc1. The molecular weight excluding hydrogens is 181 g/mol. The fraction of sp³-hybridized carbons (Fsp3) is 0.200. The number of nitrogens with zero attached hydrogens (tertiary/aromatic N) is 1. The molecule has 0 radical (unpaired) electrons. The second kappa shape index (κ2) is 3.67. The van der Waals surface area contributed by atoms with Gasteiger partial charge in [-0.25, -0.2) is 0 Å². The predicted molar refractivity (Wildman–Crippen MR) is 53.8 cm³/mol. The molecule has 1 heterocycles. The summed E-state index contributed by atoms with van der Waals surface area (Å²) in [5.41, 5.74) is 7.22. The number of aryl methyl sites for hydroxylation is 1. The average molecular weight is 193 g/mol. The first-order valence-electron chi connectivity index (χ1n) is 4.57. The molecule has 2 rings (SSSR count). The molecule has 1 aromatic rings. The predicted octanol–water partition coefficient (Wildman–Crippen LogP) is 1.85. The molecule has 2 N–H and O–H groups in total. The van der Waals surface area contributed by atoms with Crippen LogP contribution in [0.1, 0.15) is 12.5 Å². The van der Waals surface area contributed by atoms with Gasteiger partial charge in [0.1, 0.15) is 0 Å². The van der Waals surface area contributed by atoms with Crippen LogP contribution in [-0.2, 0) is 6.42 Å². The van der Waals surface area contributed by atoms with Crippen LogP contribution in [0.25, 0.3) is 0 Å². The molecule has 0 saturated heterocycles. The second-order valence-corrected chi connectivity index (χ2v) is 3.10. The van der Waals surface area contributed by atoms with Gasteiger partial charge in [-0.05, 0) is 24.1 Å². The first-order chi connectivity index (χ1) is 6.79. The van der Waals surface area contributed by atoms with Gasteiger partial charge in [0.15, 0.2) is 0 Å². The summed E-state index contributed by atoms with van der Waals surface area (Å²) < 4.78 is 12.7. The van der Waals surface area contributed by atoms with E-state index in [-0.39, 0.29) is 5.95 Å². The van der Waals surface area contributed by atoms with E-state index >= 15 is 0 Å². The van der Waals surface area contributed by atoms with Gasteiger partial charge < -0.3 is 0 Å². The van der Waals surface area contributed by atoms with Gasteiger partial charge in [0.2, 0.25) is 5.95 Å². The van der Waals surface area contributed by atoms with Crippen LogP contribution in [0.2, 0.25) is 0 Å². The van der Waals surface area contributed by atoms with Gasteiger partial charge in [0.25, 0.3) is 0 Å². The van der Waals surface area contributed by atoms with Gasteiger partial charge in [-0.3, -0.25) is 10.4 Å².